The molecule has 1 aromatic heterocycles. The van der Waals surface area contributed by atoms with Crippen molar-refractivity contribution in [3.8, 4) is 0 Å². The van der Waals surface area contributed by atoms with E-state index in [1.807, 2.05) is 31.2 Å². The van der Waals surface area contributed by atoms with Crippen molar-refractivity contribution in [1.29, 1.82) is 0 Å². The number of nitrogens with zero attached hydrogens (tertiary/aromatic N) is 3. The van der Waals surface area contributed by atoms with Crippen molar-refractivity contribution in [2.75, 3.05) is 25.4 Å². The number of hydrogen-bond acceptors (Lipinski definition) is 5. The molecule has 0 saturated carbocycles. The van der Waals surface area contributed by atoms with Crippen LogP contribution in [0.15, 0.2) is 34.2 Å². The molecule has 0 fully saturated rings. The van der Waals surface area contributed by atoms with Crippen molar-refractivity contribution >= 4 is 28.6 Å². The average molecular weight is 447 g/mol. The van der Waals surface area contributed by atoms with Gasteiger partial charge in [0, 0.05) is 12.6 Å². The zero-order valence-corrected chi connectivity index (χ0v) is 20.5. The Morgan fingerprint density at radius 3 is 2.55 bits per heavy atom. The predicted molar refractivity (Wildman–Crippen MR) is 131 cm³/mol. The number of carbonyl (C=O) groups excluding carboxylic acids is 1. The molecule has 31 heavy (non-hydrogen) atoms. The van der Waals surface area contributed by atoms with Crippen molar-refractivity contribution in [1.82, 2.24) is 19.8 Å². The number of nitrogens with one attached hydrogen (secondary N) is 1. The van der Waals surface area contributed by atoms with Crippen LogP contribution in [0.25, 0.3) is 10.9 Å². The SMILES string of the molecule is CCN(CC)CCCn1c(SCC(=O)NC(C)CCC(C)C)nc2ccccc2c1=O. The molecule has 1 aromatic carbocycles. The Hall–Kier alpha value is -1.86. The molecule has 0 spiro atoms. The van der Waals surface area contributed by atoms with Crippen LogP contribution in [0.1, 0.15) is 53.9 Å². The first kappa shape index (κ1) is 25.4. The number of aromatic nitrogens is 2. The highest BCUT2D eigenvalue weighted by atomic mass is 32.2. The van der Waals surface area contributed by atoms with Gasteiger partial charge in [0.2, 0.25) is 5.91 Å². The summed E-state index contributed by atoms with van der Waals surface area (Å²) in [5, 5.41) is 4.31. The number of fused-ring (bicyclic) bond motifs is 1. The maximum Gasteiger partial charge on any atom is 0.262 e. The summed E-state index contributed by atoms with van der Waals surface area (Å²) in [5.74, 6) is 0.868. The lowest BCUT2D eigenvalue weighted by Gasteiger charge is -2.19. The second-order valence-corrected chi connectivity index (χ2v) is 9.42. The fraction of sp³-hybridized carbons (Fsp3) is 0.625. The van der Waals surface area contributed by atoms with Crippen LogP contribution in [0, 0.1) is 5.92 Å². The van der Waals surface area contributed by atoms with E-state index in [9.17, 15) is 9.59 Å². The van der Waals surface area contributed by atoms with E-state index in [-0.39, 0.29) is 23.3 Å². The van der Waals surface area contributed by atoms with Gasteiger partial charge in [0.05, 0.1) is 16.7 Å². The third kappa shape index (κ3) is 7.96. The molecule has 0 bridgehead atoms. The van der Waals surface area contributed by atoms with E-state index >= 15 is 0 Å². The summed E-state index contributed by atoms with van der Waals surface area (Å²) >= 11 is 1.35. The van der Waals surface area contributed by atoms with E-state index in [4.69, 9.17) is 4.98 Å². The molecule has 1 atom stereocenters. The highest BCUT2D eigenvalue weighted by Crippen LogP contribution is 2.18. The molecule has 6 nitrogen and oxygen atoms in total. The second kappa shape index (κ2) is 12.9. The maximum absolute atomic E-state index is 13.1. The van der Waals surface area contributed by atoms with Crippen LogP contribution < -0.4 is 10.9 Å². The van der Waals surface area contributed by atoms with E-state index in [2.05, 4.69) is 37.9 Å². The molecule has 1 amide bonds. The van der Waals surface area contributed by atoms with E-state index < -0.39 is 0 Å². The molecule has 7 heteroatoms. The Bertz CT molecular complexity index is 893. The number of hydrogen-bond donors (Lipinski definition) is 1. The normalized spacial score (nSPS) is 12.6. The Balaban J connectivity index is 2.11. The zero-order chi connectivity index (χ0) is 22.8. The van der Waals surface area contributed by atoms with Gasteiger partial charge in [-0.2, -0.15) is 0 Å². The molecule has 2 rings (SSSR count). The molecule has 1 unspecified atom stereocenters. The van der Waals surface area contributed by atoms with Gasteiger partial charge in [-0.05, 0) is 63.9 Å². The Labute approximate surface area is 190 Å². The van der Waals surface area contributed by atoms with E-state index in [1.54, 1.807) is 4.57 Å². The maximum atomic E-state index is 13.1. The van der Waals surface area contributed by atoms with Crippen molar-refractivity contribution in [3.05, 3.63) is 34.6 Å². The quantitative estimate of drug-likeness (QED) is 0.370. The highest BCUT2D eigenvalue weighted by molar-refractivity contribution is 7.99. The smallest absolute Gasteiger partial charge is 0.262 e. The van der Waals surface area contributed by atoms with Crippen LogP contribution >= 0.6 is 11.8 Å². The first-order valence-corrected chi connectivity index (χ1v) is 12.5. The van der Waals surface area contributed by atoms with Crippen molar-refractivity contribution in [2.45, 2.75) is 71.6 Å². The third-order valence-electron chi connectivity index (χ3n) is 5.49. The summed E-state index contributed by atoms with van der Waals surface area (Å²) in [6.45, 7) is 14.2. The fourth-order valence-electron chi connectivity index (χ4n) is 3.55. The summed E-state index contributed by atoms with van der Waals surface area (Å²) < 4.78 is 1.74. The molecular formula is C24H38N4O2S. The Morgan fingerprint density at radius 2 is 1.87 bits per heavy atom. The van der Waals surface area contributed by atoms with Crippen LogP contribution in [0.2, 0.25) is 0 Å². The van der Waals surface area contributed by atoms with Gasteiger partial charge in [-0.25, -0.2) is 4.98 Å². The number of amides is 1. The summed E-state index contributed by atoms with van der Waals surface area (Å²) in [4.78, 5) is 32.7. The van der Waals surface area contributed by atoms with Gasteiger partial charge in [0.25, 0.3) is 5.56 Å². The Kier molecular flexibility index (Phi) is 10.5. The molecule has 0 aliphatic rings. The second-order valence-electron chi connectivity index (χ2n) is 8.48. The van der Waals surface area contributed by atoms with Gasteiger partial charge >= 0.3 is 0 Å². The van der Waals surface area contributed by atoms with Crippen molar-refractivity contribution in [3.63, 3.8) is 0 Å². The highest BCUT2D eigenvalue weighted by Gasteiger charge is 2.15. The van der Waals surface area contributed by atoms with E-state index in [1.165, 1.54) is 11.8 Å². The molecular weight excluding hydrogens is 408 g/mol. The number of carbonyl (C=O) groups is 1. The minimum Gasteiger partial charge on any atom is -0.353 e. The van der Waals surface area contributed by atoms with Crippen LogP contribution in [0.5, 0.6) is 0 Å². The lowest BCUT2D eigenvalue weighted by atomic mass is 10.0. The van der Waals surface area contributed by atoms with Gasteiger partial charge in [-0.15, -0.1) is 0 Å². The number of para-hydroxylation sites is 1. The topological polar surface area (TPSA) is 67.2 Å². The van der Waals surface area contributed by atoms with E-state index in [0.29, 0.717) is 28.5 Å². The van der Waals surface area contributed by atoms with Gasteiger partial charge < -0.3 is 10.2 Å². The first-order chi connectivity index (χ1) is 14.8. The fourth-order valence-corrected chi connectivity index (χ4v) is 4.39. The monoisotopic (exact) mass is 446 g/mol. The third-order valence-corrected chi connectivity index (χ3v) is 6.47. The van der Waals surface area contributed by atoms with Gasteiger partial charge in [-0.1, -0.05) is 51.6 Å². The molecule has 172 valence electrons. The van der Waals surface area contributed by atoms with Crippen molar-refractivity contribution < 1.29 is 4.79 Å². The molecule has 1 heterocycles. The molecule has 0 radical (unpaired) electrons. The predicted octanol–water partition coefficient (Wildman–Crippen LogP) is 4.16. The Morgan fingerprint density at radius 1 is 1.16 bits per heavy atom. The largest absolute Gasteiger partial charge is 0.353 e. The lowest BCUT2D eigenvalue weighted by molar-refractivity contribution is -0.119. The van der Waals surface area contributed by atoms with Crippen LogP contribution in [-0.4, -0.2) is 51.8 Å². The molecule has 2 aromatic rings. The molecule has 0 saturated heterocycles. The van der Waals surface area contributed by atoms with Crippen LogP contribution in [0.4, 0.5) is 0 Å². The first-order valence-electron chi connectivity index (χ1n) is 11.5. The summed E-state index contributed by atoms with van der Waals surface area (Å²) in [7, 11) is 0. The number of benzene rings is 1. The average Bonchev–Trinajstić information content (AvgIpc) is 2.75. The van der Waals surface area contributed by atoms with Crippen LogP contribution in [-0.2, 0) is 11.3 Å². The van der Waals surface area contributed by atoms with Crippen molar-refractivity contribution in [2.24, 2.45) is 5.92 Å². The van der Waals surface area contributed by atoms with Gasteiger partial charge in [-0.3, -0.25) is 14.2 Å². The summed E-state index contributed by atoms with van der Waals surface area (Å²) in [5.41, 5.74) is 0.652. The van der Waals surface area contributed by atoms with Gasteiger partial charge in [0.1, 0.15) is 0 Å². The van der Waals surface area contributed by atoms with Gasteiger partial charge in [0.15, 0.2) is 5.16 Å². The van der Waals surface area contributed by atoms with Crippen LogP contribution in [0.3, 0.4) is 0 Å². The summed E-state index contributed by atoms with van der Waals surface area (Å²) in [6, 6.07) is 7.58. The minimum atomic E-state index is -0.0293. The molecule has 0 aliphatic heterocycles. The standard InChI is InChI=1S/C24H38N4O2S/c1-6-27(7-2)15-10-16-28-23(30)20-11-8-9-12-21(20)26-24(28)31-17-22(29)25-19(5)14-13-18(3)4/h8-9,11-12,18-19H,6-7,10,13-17H2,1-5H3,(H,25,29). The minimum absolute atomic E-state index is 0.0154. The zero-order valence-electron chi connectivity index (χ0n) is 19.7. The molecule has 1 N–H and O–H groups in total. The molecule has 0 aliphatic carbocycles. The van der Waals surface area contributed by atoms with E-state index in [0.717, 1.165) is 38.9 Å². The lowest BCUT2D eigenvalue weighted by Crippen LogP contribution is -2.34. The number of rotatable bonds is 13. The number of thioether (sulfide) groups is 1. The summed E-state index contributed by atoms with van der Waals surface area (Å²) in [6.07, 6.45) is 2.93.